The van der Waals surface area contributed by atoms with Crippen LogP contribution in [0.2, 0.25) is 5.02 Å². The predicted molar refractivity (Wildman–Crippen MR) is 75.5 cm³/mol. The van der Waals surface area contributed by atoms with Crippen LogP contribution in [0, 0.1) is 5.92 Å². The van der Waals surface area contributed by atoms with E-state index in [1.165, 1.54) is 0 Å². The minimum atomic E-state index is -0.133. The Kier molecular flexibility index (Phi) is 3.96. The van der Waals surface area contributed by atoms with E-state index in [1.54, 1.807) is 0 Å². The van der Waals surface area contributed by atoms with Gasteiger partial charge in [0, 0.05) is 5.02 Å². The molecule has 1 aliphatic carbocycles. The first kappa shape index (κ1) is 13.9. The lowest BCUT2D eigenvalue weighted by Crippen LogP contribution is -2.51. The van der Waals surface area contributed by atoms with Gasteiger partial charge in [0.15, 0.2) is 0 Å². The summed E-state index contributed by atoms with van der Waals surface area (Å²) in [6.45, 7) is 0.588. The van der Waals surface area contributed by atoms with Crippen LogP contribution >= 0.6 is 11.6 Å². The van der Waals surface area contributed by atoms with Crippen molar-refractivity contribution in [2.75, 3.05) is 19.8 Å². The Morgan fingerprint density at radius 1 is 1.35 bits per heavy atom. The molecule has 5 heteroatoms. The number of benzene rings is 1. The number of nitrogens with zero attached hydrogens (tertiary/aromatic N) is 1. The number of hydrogen-bond donors (Lipinski definition) is 1. The molecule has 2 atom stereocenters. The van der Waals surface area contributed by atoms with Gasteiger partial charge in [-0.3, -0.25) is 4.79 Å². The van der Waals surface area contributed by atoms with E-state index >= 15 is 0 Å². The number of rotatable bonds is 4. The van der Waals surface area contributed by atoms with Gasteiger partial charge in [-0.25, -0.2) is 0 Å². The first-order valence-electron chi connectivity index (χ1n) is 6.96. The van der Waals surface area contributed by atoms with Crippen LogP contribution in [-0.4, -0.2) is 41.8 Å². The van der Waals surface area contributed by atoms with Crippen molar-refractivity contribution in [3.05, 3.63) is 34.9 Å². The van der Waals surface area contributed by atoms with Crippen molar-refractivity contribution < 1.29 is 14.6 Å². The average Bonchev–Trinajstić information content (AvgIpc) is 3.27. The number of hydrogen-bond acceptors (Lipinski definition) is 3. The molecule has 20 heavy (non-hydrogen) atoms. The van der Waals surface area contributed by atoms with Gasteiger partial charge >= 0.3 is 0 Å². The molecule has 3 rings (SSSR count). The van der Waals surface area contributed by atoms with Gasteiger partial charge in [0.2, 0.25) is 5.91 Å². The van der Waals surface area contributed by atoms with Gasteiger partial charge in [-0.15, -0.1) is 0 Å². The number of ether oxygens (including phenoxy) is 1. The molecule has 1 aliphatic heterocycles. The lowest BCUT2D eigenvalue weighted by Gasteiger charge is -2.41. The molecule has 1 saturated carbocycles. The van der Waals surface area contributed by atoms with Crippen molar-refractivity contribution in [2.45, 2.75) is 24.9 Å². The Hall–Kier alpha value is -1.10. The molecule has 4 nitrogen and oxygen atoms in total. The van der Waals surface area contributed by atoms with Crippen molar-refractivity contribution in [2.24, 2.45) is 5.92 Å². The number of carbonyl (C=O) groups is 1. The molecule has 0 aromatic heterocycles. The monoisotopic (exact) mass is 295 g/mol. The second-order valence-corrected chi connectivity index (χ2v) is 5.91. The zero-order chi connectivity index (χ0) is 14.1. The third-order valence-electron chi connectivity index (χ3n) is 4.09. The summed E-state index contributed by atoms with van der Waals surface area (Å²) in [7, 11) is 0. The molecule has 1 N–H and O–H groups in total. The molecule has 1 aromatic carbocycles. The maximum Gasteiger partial charge on any atom is 0.249 e. The van der Waals surface area contributed by atoms with Gasteiger partial charge in [0.1, 0.15) is 6.61 Å². The van der Waals surface area contributed by atoms with E-state index in [9.17, 15) is 9.90 Å². The zero-order valence-electron chi connectivity index (χ0n) is 11.2. The summed E-state index contributed by atoms with van der Waals surface area (Å²) in [5.41, 5.74) is 1.00. The summed E-state index contributed by atoms with van der Waals surface area (Å²) in [5, 5.41) is 10.3. The van der Waals surface area contributed by atoms with Crippen LogP contribution in [0.5, 0.6) is 0 Å². The van der Waals surface area contributed by atoms with Crippen molar-refractivity contribution in [1.82, 2.24) is 4.90 Å². The molecule has 0 radical (unpaired) electrons. The molecule has 2 fully saturated rings. The highest BCUT2D eigenvalue weighted by Crippen LogP contribution is 2.39. The zero-order valence-corrected chi connectivity index (χ0v) is 11.9. The SMILES string of the molecule is O=C1COCC(c2ccc(Cl)cc2)N1C(CO)C1CC1. The minimum Gasteiger partial charge on any atom is -0.394 e. The molecule has 2 unspecified atom stereocenters. The largest absolute Gasteiger partial charge is 0.394 e. The smallest absolute Gasteiger partial charge is 0.249 e. The first-order chi connectivity index (χ1) is 9.70. The van der Waals surface area contributed by atoms with E-state index in [0.29, 0.717) is 17.5 Å². The Morgan fingerprint density at radius 3 is 2.65 bits per heavy atom. The average molecular weight is 296 g/mol. The van der Waals surface area contributed by atoms with Crippen molar-refractivity contribution >= 4 is 17.5 Å². The summed E-state index contributed by atoms with van der Waals surface area (Å²) in [6, 6.07) is 7.25. The summed E-state index contributed by atoms with van der Waals surface area (Å²) < 4.78 is 5.40. The minimum absolute atomic E-state index is 0.0144. The van der Waals surface area contributed by atoms with Crippen LogP contribution in [-0.2, 0) is 9.53 Å². The van der Waals surface area contributed by atoms with Crippen LogP contribution in [0.25, 0.3) is 0 Å². The molecule has 108 valence electrons. The molecule has 0 bridgehead atoms. The van der Waals surface area contributed by atoms with Crippen LogP contribution in [0.3, 0.4) is 0 Å². The lowest BCUT2D eigenvalue weighted by molar-refractivity contribution is -0.154. The maximum absolute atomic E-state index is 12.2. The summed E-state index contributed by atoms with van der Waals surface area (Å²) in [4.78, 5) is 14.1. The molecule has 1 aromatic rings. The normalized spacial score (nSPS) is 24.8. The quantitative estimate of drug-likeness (QED) is 0.924. The predicted octanol–water partition coefficient (Wildman–Crippen LogP) is 2.01. The second-order valence-electron chi connectivity index (χ2n) is 5.47. The topological polar surface area (TPSA) is 49.8 Å². The van der Waals surface area contributed by atoms with E-state index in [4.69, 9.17) is 16.3 Å². The fourth-order valence-electron chi connectivity index (χ4n) is 2.89. The van der Waals surface area contributed by atoms with E-state index in [2.05, 4.69) is 0 Å². The summed E-state index contributed by atoms with van der Waals surface area (Å²) in [5.74, 6) is 0.388. The standard InChI is InChI=1S/C15H18ClNO3/c16-12-5-3-11(4-6-12)14-8-20-9-15(19)17(14)13(7-18)10-1-2-10/h3-6,10,13-14,18H,1-2,7-9H2. The molecule has 2 aliphatic rings. The van der Waals surface area contributed by atoms with Gasteiger partial charge in [-0.1, -0.05) is 23.7 Å². The second kappa shape index (κ2) is 5.72. The van der Waals surface area contributed by atoms with Gasteiger partial charge in [0.25, 0.3) is 0 Å². The number of aliphatic hydroxyl groups is 1. The van der Waals surface area contributed by atoms with E-state index in [1.807, 2.05) is 29.2 Å². The number of aliphatic hydroxyl groups excluding tert-OH is 1. The number of morpholine rings is 1. The number of carbonyl (C=O) groups excluding carboxylic acids is 1. The van der Waals surface area contributed by atoms with E-state index in [0.717, 1.165) is 18.4 Å². The molecular weight excluding hydrogens is 278 g/mol. The molecule has 1 heterocycles. The Balaban J connectivity index is 1.89. The first-order valence-corrected chi connectivity index (χ1v) is 7.33. The molecule has 0 spiro atoms. The number of amides is 1. The van der Waals surface area contributed by atoms with Crippen molar-refractivity contribution in [3.8, 4) is 0 Å². The Bertz CT molecular complexity index is 486. The third kappa shape index (κ3) is 2.68. The van der Waals surface area contributed by atoms with Crippen LogP contribution in [0.15, 0.2) is 24.3 Å². The van der Waals surface area contributed by atoms with Gasteiger partial charge in [-0.2, -0.15) is 0 Å². The highest BCUT2D eigenvalue weighted by molar-refractivity contribution is 6.30. The molecule has 1 amide bonds. The van der Waals surface area contributed by atoms with E-state index < -0.39 is 0 Å². The summed E-state index contributed by atoms with van der Waals surface area (Å²) in [6.07, 6.45) is 2.17. The van der Waals surface area contributed by atoms with Gasteiger partial charge < -0.3 is 14.7 Å². The third-order valence-corrected chi connectivity index (χ3v) is 4.34. The Labute approximate surface area is 123 Å². The van der Waals surface area contributed by atoms with E-state index in [-0.39, 0.29) is 31.2 Å². The van der Waals surface area contributed by atoms with Crippen LogP contribution < -0.4 is 0 Å². The molecular formula is C15H18ClNO3. The maximum atomic E-state index is 12.2. The van der Waals surface area contributed by atoms with Crippen molar-refractivity contribution in [1.29, 1.82) is 0 Å². The number of halogens is 1. The lowest BCUT2D eigenvalue weighted by atomic mass is 10.0. The van der Waals surface area contributed by atoms with Crippen molar-refractivity contribution in [3.63, 3.8) is 0 Å². The van der Waals surface area contributed by atoms with Crippen LogP contribution in [0.1, 0.15) is 24.4 Å². The molecule has 1 saturated heterocycles. The fraction of sp³-hybridized carbons (Fsp3) is 0.533. The summed E-state index contributed by atoms with van der Waals surface area (Å²) >= 11 is 5.91. The Morgan fingerprint density at radius 2 is 2.05 bits per heavy atom. The fourth-order valence-corrected chi connectivity index (χ4v) is 3.02. The van der Waals surface area contributed by atoms with Gasteiger partial charge in [-0.05, 0) is 36.5 Å². The van der Waals surface area contributed by atoms with Crippen LogP contribution in [0.4, 0.5) is 0 Å². The highest BCUT2D eigenvalue weighted by atomic mass is 35.5. The van der Waals surface area contributed by atoms with Gasteiger partial charge in [0.05, 0.1) is 25.3 Å². The highest BCUT2D eigenvalue weighted by Gasteiger charge is 2.42.